The van der Waals surface area contributed by atoms with Crippen molar-refractivity contribution >= 4 is 11.6 Å². The number of methoxy groups -OCH3 is 2. The van der Waals surface area contributed by atoms with Gasteiger partial charge in [-0.2, -0.15) is 0 Å². The van der Waals surface area contributed by atoms with Crippen LogP contribution >= 0.6 is 11.6 Å². The lowest BCUT2D eigenvalue weighted by Crippen LogP contribution is -2.18. The van der Waals surface area contributed by atoms with Crippen molar-refractivity contribution in [2.45, 2.75) is 18.9 Å². The molecular weight excluding hydrogens is 286 g/mol. The van der Waals surface area contributed by atoms with Gasteiger partial charge in [-0.05, 0) is 17.2 Å². The Morgan fingerprint density at radius 1 is 1.00 bits per heavy atom. The Hall–Kier alpha value is -1.71. The van der Waals surface area contributed by atoms with Crippen molar-refractivity contribution in [1.82, 2.24) is 0 Å². The summed E-state index contributed by atoms with van der Waals surface area (Å²) in [5.41, 5.74) is 8.43. The molecule has 0 aliphatic heterocycles. The summed E-state index contributed by atoms with van der Waals surface area (Å²) in [6.07, 6.45) is 0. The lowest BCUT2D eigenvalue weighted by atomic mass is 9.89. The van der Waals surface area contributed by atoms with Crippen molar-refractivity contribution < 1.29 is 9.47 Å². The molecule has 2 aromatic rings. The number of rotatable bonds is 5. The molecule has 0 saturated heterocycles. The molecule has 2 rings (SSSR count). The van der Waals surface area contributed by atoms with E-state index in [0.29, 0.717) is 16.5 Å². The lowest BCUT2D eigenvalue weighted by molar-refractivity contribution is 0.354. The molecule has 2 aromatic carbocycles. The van der Waals surface area contributed by atoms with Crippen LogP contribution in [-0.2, 0) is 0 Å². The summed E-state index contributed by atoms with van der Waals surface area (Å²) in [5, 5.41) is 0.586. The molecule has 112 valence electrons. The minimum atomic E-state index is -0.222. The Labute approximate surface area is 130 Å². The van der Waals surface area contributed by atoms with Crippen LogP contribution in [0.3, 0.4) is 0 Å². The number of ether oxygens (including phenoxy) is 2. The second-order valence-electron chi connectivity index (χ2n) is 4.95. The van der Waals surface area contributed by atoms with Gasteiger partial charge in [0.2, 0.25) is 0 Å². The van der Waals surface area contributed by atoms with E-state index in [2.05, 4.69) is 19.1 Å². The summed E-state index contributed by atoms with van der Waals surface area (Å²) in [4.78, 5) is 0. The van der Waals surface area contributed by atoms with Crippen LogP contribution in [0.25, 0.3) is 0 Å². The molecular formula is C17H20ClNO2. The third-order valence-corrected chi connectivity index (χ3v) is 4.05. The maximum absolute atomic E-state index is 6.41. The molecule has 21 heavy (non-hydrogen) atoms. The SMILES string of the molecule is COc1cc(Cl)c(C(N)C(C)c2ccccc2)cc1OC. The molecule has 0 aromatic heterocycles. The summed E-state index contributed by atoms with van der Waals surface area (Å²) in [6.45, 7) is 2.09. The van der Waals surface area contributed by atoms with Gasteiger partial charge < -0.3 is 15.2 Å². The van der Waals surface area contributed by atoms with Gasteiger partial charge in [-0.1, -0.05) is 48.9 Å². The van der Waals surface area contributed by atoms with Crippen molar-refractivity contribution in [3.05, 3.63) is 58.6 Å². The van der Waals surface area contributed by atoms with Gasteiger partial charge in [0.1, 0.15) is 0 Å². The number of hydrogen-bond acceptors (Lipinski definition) is 3. The van der Waals surface area contributed by atoms with E-state index < -0.39 is 0 Å². The maximum Gasteiger partial charge on any atom is 0.162 e. The molecule has 2 unspecified atom stereocenters. The first-order valence-electron chi connectivity index (χ1n) is 6.80. The van der Waals surface area contributed by atoms with Crippen LogP contribution in [-0.4, -0.2) is 14.2 Å². The van der Waals surface area contributed by atoms with Crippen molar-refractivity contribution in [2.24, 2.45) is 5.73 Å². The molecule has 0 aliphatic carbocycles. The minimum absolute atomic E-state index is 0.141. The Morgan fingerprint density at radius 3 is 2.14 bits per heavy atom. The van der Waals surface area contributed by atoms with E-state index in [-0.39, 0.29) is 12.0 Å². The number of nitrogens with two attached hydrogens (primary N) is 1. The first-order chi connectivity index (χ1) is 10.1. The van der Waals surface area contributed by atoms with E-state index >= 15 is 0 Å². The fraction of sp³-hybridized carbons (Fsp3) is 0.294. The highest BCUT2D eigenvalue weighted by Gasteiger charge is 2.21. The van der Waals surface area contributed by atoms with Crippen LogP contribution in [0.2, 0.25) is 5.02 Å². The Balaban J connectivity index is 2.37. The molecule has 0 spiro atoms. The first kappa shape index (κ1) is 15.7. The highest BCUT2D eigenvalue weighted by Crippen LogP contribution is 2.39. The van der Waals surface area contributed by atoms with Crippen molar-refractivity contribution in [3.63, 3.8) is 0 Å². The minimum Gasteiger partial charge on any atom is -0.493 e. The first-order valence-corrected chi connectivity index (χ1v) is 7.18. The van der Waals surface area contributed by atoms with Crippen molar-refractivity contribution in [3.8, 4) is 11.5 Å². The van der Waals surface area contributed by atoms with Crippen LogP contribution in [0.15, 0.2) is 42.5 Å². The molecule has 0 bridgehead atoms. The molecule has 0 saturated carbocycles. The topological polar surface area (TPSA) is 44.5 Å². The smallest absolute Gasteiger partial charge is 0.162 e. The zero-order valence-corrected chi connectivity index (χ0v) is 13.2. The van der Waals surface area contributed by atoms with Crippen LogP contribution in [0.5, 0.6) is 11.5 Å². The average molecular weight is 306 g/mol. The molecule has 3 nitrogen and oxygen atoms in total. The summed E-state index contributed by atoms with van der Waals surface area (Å²) in [5.74, 6) is 1.38. The van der Waals surface area contributed by atoms with Gasteiger partial charge in [-0.15, -0.1) is 0 Å². The lowest BCUT2D eigenvalue weighted by Gasteiger charge is -2.23. The van der Waals surface area contributed by atoms with Crippen LogP contribution in [0.4, 0.5) is 0 Å². The Bertz CT molecular complexity index is 601. The average Bonchev–Trinajstić information content (AvgIpc) is 2.54. The van der Waals surface area contributed by atoms with Crippen LogP contribution in [0, 0.1) is 0 Å². The normalized spacial score (nSPS) is 13.6. The predicted octanol–water partition coefficient (Wildman–Crippen LogP) is 4.16. The highest BCUT2D eigenvalue weighted by atomic mass is 35.5. The predicted molar refractivity (Wildman–Crippen MR) is 86.3 cm³/mol. The summed E-state index contributed by atoms with van der Waals surface area (Å²) >= 11 is 6.35. The van der Waals surface area contributed by atoms with Crippen LogP contribution < -0.4 is 15.2 Å². The highest BCUT2D eigenvalue weighted by molar-refractivity contribution is 6.31. The van der Waals surface area contributed by atoms with Gasteiger partial charge in [0.15, 0.2) is 11.5 Å². The van der Waals surface area contributed by atoms with Crippen LogP contribution in [0.1, 0.15) is 30.0 Å². The molecule has 0 fully saturated rings. The fourth-order valence-electron chi connectivity index (χ4n) is 2.36. The number of halogens is 1. The Kier molecular flexibility index (Phi) is 5.10. The number of hydrogen-bond donors (Lipinski definition) is 1. The third-order valence-electron chi connectivity index (χ3n) is 3.73. The van der Waals surface area contributed by atoms with E-state index in [1.807, 2.05) is 24.3 Å². The zero-order chi connectivity index (χ0) is 15.4. The van der Waals surface area contributed by atoms with E-state index in [0.717, 1.165) is 5.56 Å². The van der Waals surface area contributed by atoms with Crippen molar-refractivity contribution in [1.29, 1.82) is 0 Å². The molecule has 0 aliphatic rings. The van der Waals surface area contributed by atoms with E-state index in [1.54, 1.807) is 20.3 Å². The molecule has 0 heterocycles. The molecule has 0 amide bonds. The summed E-state index contributed by atoms with van der Waals surface area (Å²) < 4.78 is 10.6. The zero-order valence-electron chi connectivity index (χ0n) is 12.5. The van der Waals surface area contributed by atoms with E-state index in [9.17, 15) is 0 Å². The van der Waals surface area contributed by atoms with Gasteiger partial charge in [0, 0.05) is 23.0 Å². The Morgan fingerprint density at radius 2 is 1.57 bits per heavy atom. The van der Waals surface area contributed by atoms with Gasteiger partial charge in [0.25, 0.3) is 0 Å². The number of benzene rings is 2. The standard InChI is InChI=1S/C17H20ClNO2/c1-11(12-7-5-4-6-8-12)17(19)13-9-15(20-2)16(21-3)10-14(13)18/h4-11,17H,19H2,1-3H3. The van der Waals surface area contributed by atoms with Crippen molar-refractivity contribution in [2.75, 3.05) is 14.2 Å². The molecule has 2 atom stereocenters. The van der Waals surface area contributed by atoms with Gasteiger partial charge in [0.05, 0.1) is 14.2 Å². The van der Waals surface area contributed by atoms with Gasteiger partial charge in [-0.25, -0.2) is 0 Å². The fourth-order valence-corrected chi connectivity index (χ4v) is 2.64. The summed E-state index contributed by atoms with van der Waals surface area (Å²) in [6, 6.07) is 13.5. The summed E-state index contributed by atoms with van der Waals surface area (Å²) in [7, 11) is 3.18. The second-order valence-corrected chi connectivity index (χ2v) is 5.36. The maximum atomic E-state index is 6.41. The van der Waals surface area contributed by atoms with E-state index in [1.165, 1.54) is 5.56 Å². The molecule has 0 radical (unpaired) electrons. The quantitative estimate of drug-likeness (QED) is 0.902. The monoisotopic (exact) mass is 305 g/mol. The van der Waals surface area contributed by atoms with Gasteiger partial charge in [-0.3, -0.25) is 0 Å². The van der Waals surface area contributed by atoms with Gasteiger partial charge >= 0.3 is 0 Å². The molecule has 2 N–H and O–H groups in total. The van der Waals surface area contributed by atoms with E-state index in [4.69, 9.17) is 26.8 Å². The third kappa shape index (κ3) is 3.31. The molecule has 4 heteroatoms. The largest absolute Gasteiger partial charge is 0.493 e. The second kappa shape index (κ2) is 6.83.